The number of hydrogen-bond donors (Lipinski definition) is 1. The number of carbonyl (C=O) groups excluding carboxylic acids is 1. The molecule has 1 rings (SSSR count). The second-order valence-corrected chi connectivity index (χ2v) is 5.54. The van der Waals surface area contributed by atoms with Gasteiger partial charge < -0.3 is 5.32 Å². The Morgan fingerprint density at radius 2 is 1.65 bits per heavy atom. The van der Waals surface area contributed by atoms with Crippen LogP contribution in [-0.4, -0.2) is 11.3 Å². The molecule has 94 valence electrons. The normalized spacial score (nSPS) is 12.6. The summed E-state index contributed by atoms with van der Waals surface area (Å²) in [6, 6.07) is 2.55. The van der Waals surface area contributed by atoms with E-state index in [2.05, 4.69) is 5.32 Å². The van der Waals surface area contributed by atoms with Crippen molar-refractivity contribution in [1.29, 1.82) is 0 Å². The smallest absolute Gasteiger partial charge is 0.244 e. The number of halogens is 4. The second-order valence-electron chi connectivity index (χ2n) is 3.91. The van der Waals surface area contributed by atoms with Gasteiger partial charge >= 0.3 is 0 Å². The van der Waals surface area contributed by atoms with Crippen molar-refractivity contribution < 1.29 is 4.79 Å². The fourth-order valence-corrected chi connectivity index (χ4v) is 2.55. The molecule has 0 bridgehead atoms. The molecular weight excluding hydrogens is 304 g/mol. The largest absolute Gasteiger partial charge is 0.372 e. The molecule has 1 aromatic rings. The Morgan fingerprint density at radius 3 is 2.00 bits per heavy atom. The third kappa shape index (κ3) is 3.92. The molecule has 0 saturated heterocycles. The van der Waals surface area contributed by atoms with Crippen molar-refractivity contribution >= 4 is 57.3 Å². The number of anilines is 1. The van der Waals surface area contributed by atoms with E-state index >= 15 is 0 Å². The zero-order chi connectivity index (χ0) is 13.2. The van der Waals surface area contributed by atoms with Gasteiger partial charge in [0.2, 0.25) is 5.24 Å². The highest BCUT2D eigenvalue weighted by Gasteiger charge is 2.22. The molecule has 0 aliphatic carbocycles. The van der Waals surface area contributed by atoms with Gasteiger partial charge in [-0.3, -0.25) is 4.79 Å². The molecule has 0 aliphatic rings. The number of rotatable bonds is 4. The van der Waals surface area contributed by atoms with Gasteiger partial charge in [0.25, 0.3) is 0 Å². The van der Waals surface area contributed by atoms with E-state index in [1.807, 2.05) is 13.8 Å². The Hall–Kier alpha value is -0.150. The van der Waals surface area contributed by atoms with Crippen LogP contribution in [0.2, 0.25) is 15.1 Å². The van der Waals surface area contributed by atoms with E-state index in [1.54, 1.807) is 12.1 Å². The van der Waals surface area contributed by atoms with Gasteiger partial charge in [0.15, 0.2) is 0 Å². The van der Waals surface area contributed by atoms with E-state index in [1.165, 1.54) is 0 Å². The molecular formula is C11H11Cl4NO. The highest BCUT2D eigenvalue weighted by molar-refractivity contribution is 6.65. The van der Waals surface area contributed by atoms with Crippen LogP contribution in [0.3, 0.4) is 0 Å². The third-order valence-electron chi connectivity index (χ3n) is 2.22. The third-order valence-corrected chi connectivity index (χ3v) is 3.27. The van der Waals surface area contributed by atoms with Crippen molar-refractivity contribution in [1.82, 2.24) is 0 Å². The van der Waals surface area contributed by atoms with E-state index in [0.29, 0.717) is 20.8 Å². The predicted molar refractivity (Wildman–Crippen MR) is 74.6 cm³/mol. The summed E-state index contributed by atoms with van der Waals surface area (Å²) >= 11 is 23.3. The minimum absolute atomic E-state index is 0.0165. The molecule has 1 N–H and O–H groups in total. The molecule has 0 aliphatic heterocycles. The molecule has 1 atom stereocenters. The molecule has 1 unspecified atom stereocenters. The van der Waals surface area contributed by atoms with Crippen LogP contribution in [0.25, 0.3) is 0 Å². The Balaban J connectivity index is 3.05. The van der Waals surface area contributed by atoms with Crippen LogP contribution in [0, 0.1) is 5.92 Å². The Morgan fingerprint density at radius 1 is 1.18 bits per heavy atom. The van der Waals surface area contributed by atoms with Crippen molar-refractivity contribution in [3.8, 4) is 0 Å². The van der Waals surface area contributed by atoms with Crippen molar-refractivity contribution in [2.24, 2.45) is 5.92 Å². The lowest BCUT2D eigenvalue weighted by Crippen LogP contribution is -2.31. The van der Waals surface area contributed by atoms with Gasteiger partial charge in [0.1, 0.15) is 6.04 Å². The maximum atomic E-state index is 11.3. The average Bonchev–Trinajstić information content (AvgIpc) is 2.14. The lowest BCUT2D eigenvalue weighted by molar-refractivity contribution is -0.113. The van der Waals surface area contributed by atoms with Gasteiger partial charge in [0.05, 0.1) is 15.7 Å². The van der Waals surface area contributed by atoms with Crippen LogP contribution in [0.4, 0.5) is 5.69 Å². The minimum atomic E-state index is -0.548. The van der Waals surface area contributed by atoms with Crippen LogP contribution in [-0.2, 0) is 4.79 Å². The van der Waals surface area contributed by atoms with E-state index in [-0.39, 0.29) is 5.92 Å². The van der Waals surface area contributed by atoms with Crippen LogP contribution in [0.1, 0.15) is 13.8 Å². The number of nitrogens with one attached hydrogen (secondary N) is 1. The molecule has 17 heavy (non-hydrogen) atoms. The topological polar surface area (TPSA) is 29.1 Å². The molecule has 2 nitrogen and oxygen atoms in total. The molecule has 0 saturated carbocycles. The second kappa shape index (κ2) is 6.14. The summed E-state index contributed by atoms with van der Waals surface area (Å²) in [6.07, 6.45) is 0. The molecule has 0 fully saturated rings. The molecule has 0 heterocycles. The van der Waals surface area contributed by atoms with Gasteiger partial charge in [-0.05, 0) is 29.7 Å². The maximum Gasteiger partial charge on any atom is 0.244 e. The average molecular weight is 315 g/mol. The van der Waals surface area contributed by atoms with Crippen LogP contribution in [0.15, 0.2) is 12.1 Å². The SMILES string of the molecule is CC(C)C(Nc1c(Cl)cc(Cl)cc1Cl)C(=O)Cl. The van der Waals surface area contributed by atoms with Gasteiger partial charge in [0, 0.05) is 5.02 Å². The maximum absolute atomic E-state index is 11.3. The first-order chi connectivity index (χ1) is 7.82. The van der Waals surface area contributed by atoms with Gasteiger partial charge in [-0.1, -0.05) is 48.7 Å². The Bertz CT molecular complexity index is 410. The highest BCUT2D eigenvalue weighted by atomic mass is 35.5. The molecule has 0 aromatic heterocycles. The van der Waals surface area contributed by atoms with E-state index in [9.17, 15) is 4.79 Å². The van der Waals surface area contributed by atoms with Crippen molar-refractivity contribution in [3.05, 3.63) is 27.2 Å². The van der Waals surface area contributed by atoms with Gasteiger partial charge in [-0.2, -0.15) is 0 Å². The van der Waals surface area contributed by atoms with Crippen LogP contribution < -0.4 is 5.32 Å². The fourth-order valence-electron chi connectivity index (χ4n) is 1.32. The first-order valence-corrected chi connectivity index (χ1v) is 6.44. The van der Waals surface area contributed by atoms with E-state index in [0.717, 1.165) is 0 Å². The zero-order valence-electron chi connectivity index (χ0n) is 9.23. The molecule has 0 radical (unpaired) electrons. The van der Waals surface area contributed by atoms with E-state index in [4.69, 9.17) is 46.4 Å². The quantitative estimate of drug-likeness (QED) is 0.805. The zero-order valence-corrected chi connectivity index (χ0v) is 12.3. The first-order valence-electron chi connectivity index (χ1n) is 4.93. The number of carbonyl (C=O) groups is 1. The highest BCUT2D eigenvalue weighted by Crippen LogP contribution is 2.34. The van der Waals surface area contributed by atoms with Crippen molar-refractivity contribution in [3.63, 3.8) is 0 Å². The first kappa shape index (κ1) is 14.9. The van der Waals surface area contributed by atoms with Crippen molar-refractivity contribution in [2.75, 3.05) is 5.32 Å². The van der Waals surface area contributed by atoms with Gasteiger partial charge in [-0.25, -0.2) is 0 Å². The lowest BCUT2D eigenvalue weighted by atomic mass is 10.1. The lowest BCUT2D eigenvalue weighted by Gasteiger charge is -2.21. The standard InChI is InChI=1S/C11H11Cl4NO/c1-5(2)9(11(15)17)16-10-7(13)3-6(12)4-8(10)14/h3-5,9,16H,1-2H3. The summed E-state index contributed by atoms with van der Waals surface area (Å²) in [5.41, 5.74) is 0.463. The van der Waals surface area contributed by atoms with Crippen molar-refractivity contribution in [2.45, 2.75) is 19.9 Å². The minimum Gasteiger partial charge on any atom is -0.372 e. The predicted octanol–water partition coefficient (Wildman–Crippen LogP) is 4.85. The number of benzene rings is 1. The molecule has 0 amide bonds. The summed E-state index contributed by atoms with van der Waals surface area (Å²) in [6.45, 7) is 3.74. The fraction of sp³-hybridized carbons (Fsp3) is 0.364. The molecule has 1 aromatic carbocycles. The Kier molecular flexibility index (Phi) is 5.39. The Labute approximate surface area is 120 Å². The monoisotopic (exact) mass is 313 g/mol. The van der Waals surface area contributed by atoms with Gasteiger partial charge in [-0.15, -0.1) is 0 Å². The van der Waals surface area contributed by atoms with Crippen LogP contribution >= 0.6 is 46.4 Å². The summed E-state index contributed by atoms with van der Waals surface area (Å²) in [5, 5.41) is 3.59. The van der Waals surface area contributed by atoms with Crippen LogP contribution in [0.5, 0.6) is 0 Å². The summed E-state index contributed by atoms with van der Waals surface area (Å²) in [4.78, 5) is 11.3. The summed E-state index contributed by atoms with van der Waals surface area (Å²) < 4.78 is 0. The summed E-state index contributed by atoms with van der Waals surface area (Å²) in [7, 11) is 0. The molecule has 0 spiro atoms. The molecule has 6 heteroatoms. The van der Waals surface area contributed by atoms with E-state index < -0.39 is 11.3 Å². The summed E-state index contributed by atoms with van der Waals surface area (Å²) in [5.74, 6) is 0.0165. The number of hydrogen-bond acceptors (Lipinski definition) is 2.